The van der Waals surface area contributed by atoms with Crippen LogP contribution < -0.4 is 0 Å². The summed E-state index contributed by atoms with van der Waals surface area (Å²) in [5.74, 6) is -0.276. The van der Waals surface area contributed by atoms with Crippen LogP contribution in [0, 0.1) is 11.3 Å². The molecule has 0 amide bonds. The van der Waals surface area contributed by atoms with Crippen LogP contribution in [0.15, 0.2) is 0 Å². The lowest BCUT2D eigenvalue weighted by atomic mass is 10.3. The van der Waals surface area contributed by atoms with Crippen molar-refractivity contribution in [2.45, 2.75) is 32.1 Å². The van der Waals surface area contributed by atoms with Gasteiger partial charge in [0.05, 0.1) is 0 Å². The van der Waals surface area contributed by atoms with Crippen LogP contribution in [0.3, 0.4) is 0 Å². The first-order valence-electron chi connectivity index (χ1n) is 3.38. The van der Waals surface area contributed by atoms with Gasteiger partial charge in [-0.1, -0.05) is 19.6 Å². The van der Waals surface area contributed by atoms with Crippen LogP contribution in [0.5, 0.6) is 0 Å². The smallest absolute Gasteiger partial charge is 0.231 e. The molecule has 0 heterocycles. The van der Waals surface area contributed by atoms with Gasteiger partial charge in [-0.15, -0.1) is 0 Å². The number of rotatable bonds is 3. The molecular weight excluding hydrogens is 142 g/mol. The Morgan fingerprint density at radius 1 is 1.50 bits per heavy atom. The van der Waals surface area contributed by atoms with E-state index in [-0.39, 0.29) is 5.78 Å². The van der Waals surface area contributed by atoms with Crippen LogP contribution in [-0.2, 0) is 4.79 Å². The van der Waals surface area contributed by atoms with Gasteiger partial charge in [-0.3, -0.25) is 4.79 Å². The largest absolute Gasteiger partial charge is 0.283 e. The van der Waals surface area contributed by atoms with Gasteiger partial charge in [0.25, 0.3) is 0 Å². The van der Waals surface area contributed by atoms with Crippen molar-refractivity contribution < 1.29 is 4.79 Å². The molecule has 0 radical (unpaired) electrons. The van der Waals surface area contributed by atoms with Crippen LogP contribution in [0.25, 0.3) is 0 Å². The summed E-state index contributed by atoms with van der Waals surface area (Å²) in [4.78, 5) is 10.5. The van der Waals surface area contributed by atoms with E-state index in [0.29, 0.717) is 6.42 Å². The maximum atomic E-state index is 10.5. The molecule has 0 aromatic rings. The molecule has 0 rings (SSSR count). The maximum Gasteiger partial charge on any atom is 0.231 e. The highest BCUT2D eigenvalue weighted by Gasteiger charge is 2.14. The molecule has 0 saturated carbocycles. The molecule has 0 spiro atoms. The number of carbonyl (C=O) groups excluding carboxylic acids is 1. The lowest BCUT2D eigenvalue weighted by molar-refractivity contribution is -0.113. The third-order valence-corrected chi connectivity index (χ3v) is 2.98. The molecule has 0 aromatic heterocycles. The van der Waals surface area contributed by atoms with Gasteiger partial charge >= 0.3 is 0 Å². The van der Waals surface area contributed by atoms with E-state index in [1.165, 1.54) is 0 Å². The van der Waals surface area contributed by atoms with Crippen LogP contribution in [0.1, 0.15) is 6.42 Å². The quantitative estimate of drug-likeness (QED) is 0.460. The first-order chi connectivity index (χ1) is 4.45. The molecule has 0 aliphatic rings. The highest BCUT2D eigenvalue weighted by Crippen LogP contribution is 2.10. The van der Waals surface area contributed by atoms with Crippen molar-refractivity contribution in [2.75, 3.05) is 0 Å². The van der Waals surface area contributed by atoms with Crippen LogP contribution in [-0.4, -0.2) is 13.9 Å². The Hall–Kier alpha value is -0.623. The molecule has 0 atom stereocenters. The Kier molecular flexibility index (Phi) is 3.30. The summed E-state index contributed by atoms with van der Waals surface area (Å²) in [6.45, 7) is 6.58. The highest BCUT2D eigenvalue weighted by molar-refractivity contribution is 6.76. The number of nitrogens with zero attached hydrogens (tertiary/aromatic N) is 1. The molecule has 10 heavy (non-hydrogen) atoms. The van der Waals surface area contributed by atoms with Crippen molar-refractivity contribution in [1.29, 1.82) is 5.26 Å². The van der Waals surface area contributed by atoms with E-state index in [1.54, 1.807) is 6.07 Å². The van der Waals surface area contributed by atoms with Crippen LogP contribution in [0.4, 0.5) is 0 Å². The Morgan fingerprint density at radius 3 is 2.30 bits per heavy atom. The minimum absolute atomic E-state index is 0.276. The molecular formula is C7H13NOSi. The van der Waals surface area contributed by atoms with Gasteiger partial charge in [0, 0.05) is 14.5 Å². The summed E-state index contributed by atoms with van der Waals surface area (Å²) in [6.07, 6.45) is 0.451. The van der Waals surface area contributed by atoms with Gasteiger partial charge in [-0.05, 0) is 6.04 Å². The van der Waals surface area contributed by atoms with Crippen molar-refractivity contribution in [1.82, 2.24) is 0 Å². The van der Waals surface area contributed by atoms with Gasteiger partial charge in [0.15, 0.2) is 0 Å². The zero-order valence-electron chi connectivity index (χ0n) is 6.77. The monoisotopic (exact) mass is 155 g/mol. The molecule has 0 aliphatic carbocycles. The average molecular weight is 155 g/mol. The molecule has 0 saturated heterocycles. The minimum atomic E-state index is -1.11. The molecule has 56 valence electrons. The fraction of sp³-hybridized carbons (Fsp3) is 0.714. The van der Waals surface area contributed by atoms with Gasteiger partial charge in [-0.25, -0.2) is 0 Å². The molecule has 0 N–H and O–H groups in total. The molecule has 0 bridgehead atoms. The van der Waals surface area contributed by atoms with Crippen molar-refractivity contribution >= 4 is 13.9 Å². The predicted octanol–water partition coefficient (Wildman–Crippen LogP) is 1.81. The van der Waals surface area contributed by atoms with Crippen molar-refractivity contribution in [3.63, 3.8) is 0 Å². The van der Waals surface area contributed by atoms with E-state index in [0.717, 1.165) is 6.04 Å². The second kappa shape index (κ2) is 3.52. The lowest BCUT2D eigenvalue weighted by Crippen LogP contribution is -2.20. The van der Waals surface area contributed by atoms with Gasteiger partial charge < -0.3 is 0 Å². The zero-order chi connectivity index (χ0) is 8.20. The maximum absolute atomic E-state index is 10.5. The third kappa shape index (κ3) is 5.51. The first-order valence-corrected chi connectivity index (χ1v) is 7.09. The fourth-order valence-corrected chi connectivity index (χ4v) is 1.52. The number of nitriles is 1. The Bertz CT molecular complexity index is 163. The Morgan fingerprint density at radius 2 is 2.00 bits per heavy atom. The number of hydrogen-bond donors (Lipinski definition) is 0. The normalized spacial score (nSPS) is 10.6. The fourth-order valence-electron chi connectivity index (χ4n) is 0.544. The summed E-state index contributed by atoms with van der Waals surface area (Å²) in [6, 6.07) is 2.55. The second-order valence-electron chi connectivity index (χ2n) is 3.60. The first kappa shape index (κ1) is 9.38. The van der Waals surface area contributed by atoms with Crippen molar-refractivity contribution in [3.8, 4) is 6.07 Å². The standard InChI is InChI=1S/C7H13NOSi/c1-10(2,3)5-4-7(9)6-8/h4-5H2,1-3H3. The molecule has 3 heteroatoms. The number of Topliss-reactive ketones (excluding diaryl/α,β-unsaturated/α-hetero) is 1. The predicted molar refractivity (Wildman–Crippen MR) is 43.4 cm³/mol. The van der Waals surface area contributed by atoms with E-state index < -0.39 is 8.07 Å². The van der Waals surface area contributed by atoms with Crippen LogP contribution >= 0.6 is 0 Å². The third-order valence-electron chi connectivity index (χ3n) is 1.23. The van der Waals surface area contributed by atoms with Gasteiger partial charge in [0.1, 0.15) is 6.07 Å². The second-order valence-corrected chi connectivity index (χ2v) is 9.22. The molecule has 2 nitrogen and oxygen atoms in total. The SMILES string of the molecule is C[Si](C)(C)CCC(=O)C#N. The summed E-state index contributed by atoms with van der Waals surface area (Å²) >= 11 is 0. The molecule has 0 unspecified atom stereocenters. The van der Waals surface area contributed by atoms with Gasteiger partial charge in [-0.2, -0.15) is 5.26 Å². The van der Waals surface area contributed by atoms with E-state index in [2.05, 4.69) is 19.6 Å². The highest BCUT2D eigenvalue weighted by atomic mass is 28.3. The Labute approximate surface area is 62.9 Å². The lowest BCUT2D eigenvalue weighted by Gasteiger charge is -2.12. The van der Waals surface area contributed by atoms with E-state index in [9.17, 15) is 4.79 Å². The van der Waals surface area contributed by atoms with Crippen molar-refractivity contribution in [3.05, 3.63) is 0 Å². The van der Waals surface area contributed by atoms with E-state index in [4.69, 9.17) is 5.26 Å². The van der Waals surface area contributed by atoms with Gasteiger partial charge in [0.2, 0.25) is 5.78 Å². The van der Waals surface area contributed by atoms with Crippen LogP contribution in [0.2, 0.25) is 25.7 Å². The molecule has 0 fully saturated rings. The number of carbonyl (C=O) groups is 1. The van der Waals surface area contributed by atoms with E-state index in [1.807, 2.05) is 0 Å². The zero-order valence-corrected chi connectivity index (χ0v) is 7.77. The minimum Gasteiger partial charge on any atom is -0.283 e. The Balaban J connectivity index is 3.58. The summed E-state index contributed by atoms with van der Waals surface area (Å²) in [5, 5.41) is 8.15. The summed E-state index contributed by atoms with van der Waals surface area (Å²) < 4.78 is 0. The van der Waals surface area contributed by atoms with Crippen molar-refractivity contribution in [2.24, 2.45) is 0 Å². The summed E-state index contributed by atoms with van der Waals surface area (Å²) in [5.41, 5.74) is 0. The number of hydrogen-bond acceptors (Lipinski definition) is 2. The average Bonchev–Trinajstić information content (AvgIpc) is 1.81. The molecule has 0 aromatic carbocycles. The topological polar surface area (TPSA) is 40.9 Å². The van der Waals surface area contributed by atoms with E-state index >= 15 is 0 Å². The summed E-state index contributed by atoms with van der Waals surface area (Å²) in [7, 11) is -1.11. The molecule has 0 aliphatic heterocycles. The number of ketones is 1.